The van der Waals surface area contributed by atoms with Crippen LogP contribution in [-0.4, -0.2) is 32.7 Å². The first-order valence-electron chi connectivity index (χ1n) is 9.22. The van der Waals surface area contributed by atoms with Crippen molar-refractivity contribution in [2.45, 2.75) is 57.8 Å². The Hall–Kier alpha value is -2.65. The molecule has 1 amide bonds. The molecule has 10 heteroatoms. The Morgan fingerprint density at radius 2 is 2.04 bits per heavy atom. The summed E-state index contributed by atoms with van der Waals surface area (Å²) in [5.74, 6) is -2.31. The Labute approximate surface area is 158 Å². The molecule has 2 aromatic heterocycles. The number of hydrogen-bond acceptors (Lipinski definition) is 4. The number of nitrogens with one attached hydrogen (secondary N) is 2. The van der Waals surface area contributed by atoms with Gasteiger partial charge in [-0.1, -0.05) is 19.8 Å². The minimum absolute atomic E-state index is 0.0205. The van der Waals surface area contributed by atoms with Crippen LogP contribution in [0.15, 0.2) is 21.9 Å². The molecule has 0 bridgehead atoms. The maximum Gasteiger partial charge on any atom is 0.393 e. The molecule has 2 N–H and O–H groups in total. The van der Waals surface area contributed by atoms with Crippen LogP contribution >= 0.6 is 0 Å². The first-order chi connectivity index (χ1) is 13.2. The van der Waals surface area contributed by atoms with Gasteiger partial charge >= 0.3 is 11.9 Å². The highest BCUT2D eigenvalue weighted by atomic mass is 19.4. The van der Waals surface area contributed by atoms with Crippen molar-refractivity contribution in [1.29, 1.82) is 0 Å². The van der Waals surface area contributed by atoms with Gasteiger partial charge in [0.15, 0.2) is 0 Å². The molecule has 1 aliphatic carbocycles. The normalized spacial score (nSPS) is 20.3. The fourth-order valence-electron chi connectivity index (χ4n) is 3.67. The van der Waals surface area contributed by atoms with Gasteiger partial charge in [-0.2, -0.15) is 13.2 Å². The van der Waals surface area contributed by atoms with E-state index in [1.54, 1.807) is 0 Å². The zero-order valence-electron chi connectivity index (χ0n) is 15.3. The van der Waals surface area contributed by atoms with Gasteiger partial charge in [-0.25, -0.2) is 9.78 Å². The number of amides is 1. The lowest BCUT2D eigenvalue weighted by Crippen LogP contribution is -2.47. The Bertz CT molecular complexity index is 996. The van der Waals surface area contributed by atoms with Crippen LogP contribution in [0.25, 0.3) is 11.0 Å². The van der Waals surface area contributed by atoms with Crippen LogP contribution < -0.4 is 16.6 Å². The van der Waals surface area contributed by atoms with Crippen molar-refractivity contribution in [3.8, 4) is 0 Å². The van der Waals surface area contributed by atoms with Crippen LogP contribution in [-0.2, 0) is 6.54 Å². The van der Waals surface area contributed by atoms with Crippen molar-refractivity contribution < 1.29 is 18.0 Å². The van der Waals surface area contributed by atoms with Gasteiger partial charge in [0.2, 0.25) is 0 Å². The summed E-state index contributed by atoms with van der Waals surface area (Å²) in [7, 11) is 0. The number of fused-ring (bicyclic) bond motifs is 1. The van der Waals surface area contributed by atoms with Crippen LogP contribution in [0.3, 0.4) is 0 Å². The summed E-state index contributed by atoms with van der Waals surface area (Å²) in [5, 5.41) is 2.49. The number of rotatable bonds is 4. The number of carbonyl (C=O) groups is 1. The summed E-state index contributed by atoms with van der Waals surface area (Å²) in [4.78, 5) is 42.8. The molecule has 2 aromatic rings. The van der Waals surface area contributed by atoms with E-state index in [0.717, 1.165) is 0 Å². The number of aryl methyl sites for hydroxylation is 1. The fourth-order valence-corrected chi connectivity index (χ4v) is 3.67. The molecule has 0 unspecified atom stereocenters. The first kappa shape index (κ1) is 20.1. The van der Waals surface area contributed by atoms with Crippen molar-refractivity contribution in [2.75, 3.05) is 0 Å². The number of aromatic nitrogens is 3. The second-order valence-electron chi connectivity index (χ2n) is 7.02. The highest BCUT2D eigenvalue weighted by Crippen LogP contribution is 2.37. The molecule has 28 heavy (non-hydrogen) atoms. The van der Waals surface area contributed by atoms with Crippen LogP contribution in [0.5, 0.6) is 0 Å². The van der Waals surface area contributed by atoms with Crippen molar-refractivity contribution in [3.05, 3.63) is 38.7 Å². The van der Waals surface area contributed by atoms with Gasteiger partial charge in [-0.15, -0.1) is 0 Å². The number of alkyl halides is 3. The van der Waals surface area contributed by atoms with Crippen molar-refractivity contribution in [2.24, 2.45) is 5.92 Å². The van der Waals surface area contributed by atoms with Gasteiger partial charge in [0.05, 0.1) is 16.9 Å². The predicted molar refractivity (Wildman–Crippen MR) is 96.2 cm³/mol. The second kappa shape index (κ2) is 7.76. The van der Waals surface area contributed by atoms with E-state index in [2.05, 4.69) is 15.3 Å². The number of H-pyrrole nitrogens is 1. The van der Waals surface area contributed by atoms with E-state index in [1.807, 2.05) is 6.92 Å². The lowest BCUT2D eigenvalue weighted by molar-refractivity contribution is -0.187. The van der Waals surface area contributed by atoms with Crippen LogP contribution in [0.2, 0.25) is 0 Å². The maximum absolute atomic E-state index is 13.2. The molecule has 0 aliphatic heterocycles. The summed E-state index contributed by atoms with van der Waals surface area (Å²) in [6, 6.07) is 0.248. The van der Waals surface area contributed by atoms with E-state index in [4.69, 9.17) is 0 Å². The van der Waals surface area contributed by atoms with E-state index in [-0.39, 0.29) is 29.4 Å². The number of hydrogen-bond donors (Lipinski definition) is 2. The SMILES string of the molecule is CCCn1c(=O)[nH]c(=O)c2cc(C(=O)N[C@@H]3CCCC[C@H]3C(F)(F)F)cnc21. The lowest BCUT2D eigenvalue weighted by Gasteiger charge is -2.33. The molecule has 152 valence electrons. The molecular weight excluding hydrogens is 377 g/mol. The van der Waals surface area contributed by atoms with Crippen molar-refractivity contribution >= 4 is 16.9 Å². The quantitative estimate of drug-likeness (QED) is 0.826. The average molecular weight is 398 g/mol. The fraction of sp³-hybridized carbons (Fsp3) is 0.556. The molecule has 1 saturated carbocycles. The Balaban J connectivity index is 1.92. The molecule has 0 radical (unpaired) electrons. The second-order valence-corrected chi connectivity index (χ2v) is 7.02. The van der Waals surface area contributed by atoms with E-state index >= 15 is 0 Å². The molecule has 1 aliphatic rings. The van der Waals surface area contributed by atoms with E-state index in [9.17, 15) is 27.6 Å². The summed E-state index contributed by atoms with van der Waals surface area (Å²) in [6.45, 7) is 2.19. The maximum atomic E-state index is 13.2. The predicted octanol–water partition coefficient (Wildman–Crippen LogP) is 2.35. The Kier molecular flexibility index (Phi) is 5.57. The topological polar surface area (TPSA) is 96.9 Å². The summed E-state index contributed by atoms with van der Waals surface area (Å²) in [6.07, 6.45) is -1.28. The van der Waals surface area contributed by atoms with Gasteiger partial charge in [-0.3, -0.25) is 19.1 Å². The highest BCUT2D eigenvalue weighted by molar-refractivity contribution is 5.96. The van der Waals surface area contributed by atoms with Gasteiger partial charge in [0.1, 0.15) is 5.65 Å². The molecule has 2 heterocycles. The Morgan fingerprint density at radius 3 is 2.71 bits per heavy atom. The third kappa shape index (κ3) is 3.95. The third-order valence-electron chi connectivity index (χ3n) is 5.04. The highest BCUT2D eigenvalue weighted by Gasteiger charge is 2.46. The number of carbonyl (C=O) groups excluding carboxylic acids is 1. The van der Waals surface area contributed by atoms with Crippen LogP contribution in [0.1, 0.15) is 49.4 Å². The van der Waals surface area contributed by atoms with E-state index in [0.29, 0.717) is 25.8 Å². The molecule has 1 fully saturated rings. The van der Waals surface area contributed by atoms with Crippen LogP contribution in [0, 0.1) is 5.92 Å². The molecule has 2 atom stereocenters. The Morgan fingerprint density at radius 1 is 1.32 bits per heavy atom. The van der Waals surface area contributed by atoms with Crippen molar-refractivity contribution in [3.63, 3.8) is 0 Å². The number of nitrogens with zero attached hydrogens (tertiary/aromatic N) is 2. The van der Waals surface area contributed by atoms with E-state index < -0.39 is 35.3 Å². The zero-order chi connectivity index (χ0) is 20.5. The molecule has 0 aromatic carbocycles. The van der Waals surface area contributed by atoms with Gasteiger partial charge in [0.25, 0.3) is 11.5 Å². The lowest BCUT2D eigenvalue weighted by atomic mass is 9.84. The van der Waals surface area contributed by atoms with Gasteiger partial charge in [-0.05, 0) is 25.3 Å². The van der Waals surface area contributed by atoms with Crippen LogP contribution in [0.4, 0.5) is 13.2 Å². The standard InChI is InChI=1S/C18H21F3N4O3/c1-2-7-25-14-11(16(27)24-17(25)28)8-10(9-22-14)15(26)23-13-6-4-3-5-12(13)18(19,20)21/h8-9,12-13H,2-7H2,1H3,(H,23,26)(H,24,27,28)/t12-,13-/m1/s1. The first-order valence-corrected chi connectivity index (χ1v) is 9.22. The molecule has 0 saturated heterocycles. The molecule has 7 nitrogen and oxygen atoms in total. The number of halogens is 3. The average Bonchev–Trinajstić information content (AvgIpc) is 2.64. The largest absolute Gasteiger partial charge is 0.393 e. The zero-order valence-corrected chi connectivity index (χ0v) is 15.3. The van der Waals surface area contributed by atoms with Gasteiger partial charge in [0, 0.05) is 18.8 Å². The summed E-state index contributed by atoms with van der Waals surface area (Å²) in [5.41, 5.74) is -1.18. The summed E-state index contributed by atoms with van der Waals surface area (Å²) >= 11 is 0. The molecule has 3 rings (SSSR count). The number of pyridine rings is 1. The monoisotopic (exact) mass is 398 g/mol. The van der Waals surface area contributed by atoms with Crippen molar-refractivity contribution in [1.82, 2.24) is 19.9 Å². The third-order valence-corrected chi connectivity index (χ3v) is 5.04. The molecular formula is C18H21F3N4O3. The summed E-state index contributed by atoms with van der Waals surface area (Å²) < 4.78 is 40.9. The number of aromatic amines is 1. The molecule has 0 spiro atoms. The minimum Gasteiger partial charge on any atom is -0.349 e. The van der Waals surface area contributed by atoms with E-state index in [1.165, 1.54) is 16.8 Å². The van der Waals surface area contributed by atoms with Gasteiger partial charge < -0.3 is 5.32 Å². The smallest absolute Gasteiger partial charge is 0.349 e. The minimum atomic E-state index is -4.38.